The third kappa shape index (κ3) is 2.35. The minimum Gasteiger partial charge on any atom is -0.469 e. The zero-order valence-electron chi connectivity index (χ0n) is 11.9. The van der Waals surface area contributed by atoms with E-state index in [-0.39, 0.29) is 5.91 Å². The third-order valence-corrected chi connectivity index (χ3v) is 4.00. The van der Waals surface area contributed by atoms with Crippen LogP contribution in [0.2, 0.25) is 0 Å². The van der Waals surface area contributed by atoms with Gasteiger partial charge < -0.3 is 13.9 Å². The van der Waals surface area contributed by atoms with E-state index in [4.69, 9.17) is 4.42 Å². The summed E-state index contributed by atoms with van der Waals surface area (Å²) < 4.78 is 7.39. The molecule has 1 amide bonds. The van der Waals surface area contributed by atoms with Crippen LogP contribution < -0.4 is 0 Å². The zero-order chi connectivity index (χ0) is 14.1. The number of imidazole rings is 1. The lowest BCUT2D eigenvalue weighted by Gasteiger charge is -2.28. The molecule has 0 bridgehead atoms. The molecule has 3 heterocycles. The van der Waals surface area contributed by atoms with Gasteiger partial charge in [0.15, 0.2) is 0 Å². The molecule has 0 spiro atoms. The van der Waals surface area contributed by atoms with Crippen LogP contribution in [0.3, 0.4) is 0 Å². The third-order valence-electron chi connectivity index (χ3n) is 4.00. The van der Waals surface area contributed by atoms with Crippen molar-refractivity contribution in [3.63, 3.8) is 0 Å². The molecule has 5 heteroatoms. The van der Waals surface area contributed by atoms with E-state index in [2.05, 4.69) is 9.55 Å². The predicted octanol–water partition coefficient (Wildman–Crippen LogP) is 2.12. The highest BCUT2D eigenvalue weighted by molar-refractivity contribution is 5.94. The molecule has 0 fully saturated rings. The fourth-order valence-electron chi connectivity index (χ4n) is 2.87. The topological polar surface area (TPSA) is 51.3 Å². The minimum absolute atomic E-state index is 0.0349. The molecule has 2 aromatic rings. The van der Waals surface area contributed by atoms with Crippen LogP contribution in [0.1, 0.15) is 28.4 Å². The molecule has 0 saturated carbocycles. The molecule has 5 nitrogen and oxygen atoms in total. The second-order valence-corrected chi connectivity index (χ2v) is 5.48. The van der Waals surface area contributed by atoms with Crippen molar-refractivity contribution < 1.29 is 9.21 Å². The Kier molecular flexibility index (Phi) is 3.34. The highest BCUT2D eigenvalue weighted by Crippen LogP contribution is 2.20. The van der Waals surface area contributed by atoms with Gasteiger partial charge in [-0.3, -0.25) is 4.79 Å². The molecule has 0 aromatic carbocycles. The van der Waals surface area contributed by atoms with Gasteiger partial charge in [-0.15, -0.1) is 0 Å². The Morgan fingerprint density at radius 3 is 3.20 bits per heavy atom. The molecule has 106 valence electrons. The van der Waals surface area contributed by atoms with Gasteiger partial charge in [-0.05, 0) is 25.3 Å². The number of rotatable bonds is 3. The summed E-state index contributed by atoms with van der Waals surface area (Å²) in [4.78, 5) is 18.5. The number of fused-ring (bicyclic) bond motifs is 1. The molecule has 3 rings (SSSR count). The number of hydrogen-bond acceptors (Lipinski definition) is 3. The van der Waals surface area contributed by atoms with Gasteiger partial charge in [-0.1, -0.05) is 0 Å². The molecule has 0 radical (unpaired) electrons. The number of hydrogen-bond donors (Lipinski definition) is 0. The maximum absolute atomic E-state index is 12.3. The van der Waals surface area contributed by atoms with E-state index in [0.29, 0.717) is 17.2 Å². The molecule has 20 heavy (non-hydrogen) atoms. The summed E-state index contributed by atoms with van der Waals surface area (Å²) in [5.41, 5.74) is 0.659. The van der Waals surface area contributed by atoms with Crippen LogP contribution in [-0.2, 0) is 13.0 Å². The van der Waals surface area contributed by atoms with E-state index in [0.717, 1.165) is 31.8 Å². The van der Waals surface area contributed by atoms with E-state index >= 15 is 0 Å². The zero-order valence-corrected chi connectivity index (χ0v) is 11.9. The first-order chi connectivity index (χ1) is 9.65. The molecule has 0 saturated heterocycles. The summed E-state index contributed by atoms with van der Waals surface area (Å²) in [5, 5.41) is 0. The van der Waals surface area contributed by atoms with Crippen molar-refractivity contribution in [1.29, 1.82) is 0 Å². The molecular weight excluding hydrogens is 254 g/mol. The summed E-state index contributed by atoms with van der Waals surface area (Å²) in [6.45, 7) is 3.53. The number of furan rings is 1. The monoisotopic (exact) mass is 273 g/mol. The van der Waals surface area contributed by atoms with Gasteiger partial charge in [-0.2, -0.15) is 0 Å². The van der Waals surface area contributed by atoms with Crippen molar-refractivity contribution in [3.8, 4) is 0 Å². The maximum atomic E-state index is 12.3. The fourth-order valence-corrected chi connectivity index (χ4v) is 2.87. The van der Waals surface area contributed by atoms with E-state index < -0.39 is 0 Å². The molecule has 1 aliphatic rings. The van der Waals surface area contributed by atoms with Crippen LogP contribution in [0.4, 0.5) is 0 Å². The Morgan fingerprint density at radius 2 is 2.45 bits per heavy atom. The molecule has 2 aromatic heterocycles. The lowest BCUT2D eigenvalue weighted by atomic mass is 9.98. The lowest BCUT2D eigenvalue weighted by molar-refractivity contribution is 0.0759. The van der Waals surface area contributed by atoms with Crippen molar-refractivity contribution in [2.45, 2.75) is 26.3 Å². The van der Waals surface area contributed by atoms with Gasteiger partial charge in [-0.25, -0.2) is 4.98 Å². The van der Waals surface area contributed by atoms with Gasteiger partial charge in [0.1, 0.15) is 11.6 Å². The van der Waals surface area contributed by atoms with Crippen LogP contribution in [0.25, 0.3) is 0 Å². The van der Waals surface area contributed by atoms with Crippen LogP contribution in [0, 0.1) is 12.8 Å². The van der Waals surface area contributed by atoms with E-state index in [1.807, 2.05) is 26.4 Å². The average Bonchev–Trinajstić information content (AvgIpc) is 3.05. The minimum atomic E-state index is 0.0349. The molecule has 0 N–H and O–H groups in total. The Hall–Kier alpha value is -2.04. The fraction of sp³-hybridized carbons (Fsp3) is 0.467. The Morgan fingerprint density at radius 1 is 1.60 bits per heavy atom. The van der Waals surface area contributed by atoms with Crippen molar-refractivity contribution in [2.75, 3.05) is 13.6 Å². The molecular formula is C15H19N3O2. The summed E-state index contributed by atoms with van der Waals surface area (Å²) in [6.07, 6.45) is 7.50. The second-order valence-electron chi connectivity index (χ2n) is 5.48. The molecule has 0 aliphatic carbocycles. The number of aromatic nitrogens is 2. The van der Waals surface area contributed by atoms with Crippen LogP contribution in [-0.4, -0.2) is 34.0 Å². The SMILES string of the molecule is Cc1occc1C(=O)N(C)C[C@H]1CCc2nccn2C1. The first kappa shape index (κ1) is 13.0. The van der Waals surface area contributed by atoms with E-state index in [1.54, 1.807) is 17.2 Å². The molecule has 0 unspecified atom stereocenters. The summed E-state index contributed by atoms with van der Waals surface area (Å²) in [5.74, 6) is 2.36. The number of aryl methyl sites for hydroxylation is 2. The highest BCUT2D eigenvalue weighted by atomic mass is 16.3. The van der Waals surface area contributed by atoms with Crippen molar-refractivity contribution in [1.82, 2.24) is 14.5 Å². The average molecular weight is 273 g/mol. The second kappa shape index (κ2) is 5.15. The molecule has 1 atom stereocenters. The predicted molar refractivity (Wildman–Crippen MR) is 74.4 cm³/mol. The number of carbonyl (C=O) groups excluding carboxylic acids is 1. The van der Waals surface area contributed by atoms with Crippen LogP contribution in [0.15, 0.2) is 29.1 Å². The van der Waals surface area contributed by atoms with Gasteiger partial charge in [0.2, 0.25) is 0 Å². The number of carbonyl (C=O) groups is 1. The van der Waals surface area contributed by atoms with Crippen LogP contribution in [0.5, 0.6) is 0 Å². The highest BCUT2D eigenvalue weighted by Gasteiger charge is 2.23. The first-order valence-electron chi connectivity index (χ1n) is 6.94. The molecule has 1 aliphatic heterocycles. The maximum Gasteiger partial charge on any atom is 0.257 e. The van der Waals surface area contributed by atoms with Gasteiger partial charge in [0.05, 0.1) is 11.8 Å². The lowest BCUT2D eigenvalue weighted by Crippen LogP contribution is -2.35. The Bertz CT molecular complexity index is 614. The van der Waals surface area contributed by atoms with E-state index in [9.17, 15) is 4.79 Å². The van der Waals surface area contributed by atoms with Crippen LogP contribution >= 0.6 is 0 Å². The Labute approximate surface area is 118 Å². The summed E-state index contributed by atoms with van der Waals surface area (Å²) >= 11 is 0. The number of amides is 1. The Balaban J connectivity index is 1.64. The summed E-state index contributed by atoms with van der Waals surface area (Å²) in [7, 11) is 1.86. The van der Waals surface area contributed by atoms with Gasteiger partial charge >= 0.3 is 0 Å². The van der Waals surface area contributed by atoms with Gasteiger partial charge in [0, 0.05) is 39.0 Å². The smallest absolute Gasteiger partial charge is 0.257 e. The first-order valence-corrected chi connectivity index (χ1v) is 6.94. The van der Waals surface area contributed by atoms with Gasteiger partial charge in [0.25, 0.3) is 5.91 Å². The van der Waals surface area contributed by atoms with Crippen molar-refractivity contribution in [3.05, 3.63) is 41.9 Å². The number of nitrogens with zero attached hydrogens (tertiary/aromatic N) is 3. The van der Waals surface area contributed by atoms with Crippen molar-refractivity contribution >= 4 is 5.91 Å². The largest absolute Gasteiger partial charge is 0.469 e. The van der Waals surface area contributed by atoms with Crippen molar-refractivity contribution in [2.24, 2.45) is 5.92 Å². The normalized spacial score (nSPS) is 17.8. The quantitative estimate of drug-likeness (QED) is 0.860. The van der Waals surface area contributed by atoms with E-state index in [1.165, 1.54) is 0 Å². The standard InChI is InChI=1S/C15H19N3O2/c1-11-13(5-8-20-11)15(19)17(2)9-12-3-4-14-16-6-7-18(14)10-12/h5-8,12H,3-4,9-10H2,1-2H3/t12-/m1/s1. The summed E-state index contributed by atoms with van der Waals surface area (Å²) in [6, 6.07) is 1.74.